The van der Waals surface area contributed by atoms with E-state index in [1.165, 1.54) is 11.3 Å². The molecule has 6 nitrogen and oxygen atoms in total. The third-order valence-corrected chi connectivity index (χ3v) is 4.38. The molecule has 20 heavy (non-hydrogen) atoms. The van der Waals surface area contributed by atoms with Crippen molar-refractivity contribution in [1.82, 2.24) is 20.5 Å². The number of aromatic amines is 1. The molecule has 106 valence electrons. The predicted octanol–water partition coefficient (Wildman–Crippen LogP) is 1.86. The van der Waals surface area contributed by atoms with Crippen molar-refractivity contribution in [3.8, 4) is 0 Å². The van der Waals surface area contributed by atoms with E-state index in [0.29, 0.717) is 12.2 Å². The van der Waals surface area contributed by atoms with Gasteiger partial charge in [-0.2, -0.15) is 5.10 Å². The van der Waals surface area contributed by atoms with Crippen LogP contribution in [0.3, 0.4) is 0 Å². The number of nitrogens with zero attached hydrogens (tertiary/aromatic N) is 2. The molecule has 7 heteroatoms. The second-order valence-corrected chi connectivity index (χ2v) is 5.75. The Morgan fingerprint density at radius 1 is 1.65 bits per heavy atom. The third kappa shape index (κ3) is 2.59. The highest BCUT2D eigenvalue weighted by molar-refractivity contribution is 7.09. The maximum absolute atomic E-state index is 12.4. The van der Waals surface area contributed by atoms with E-state index in [2.05, 4.69) is 20.5 Å². The van der Waals surface area contributed by atoms with Crippen LogP contribution in [0.2, 0.25) is 0 Å². The van der Waals surface area contributed by atoms with E-state index in [1.54, 1.807) is 12.4 Å². The molecule has 0 unspecified atom stereocenters. The van der Waals surface area contributed by atoms with Crippen molar-refractivity contribution in [2.24, 2.45) is 0 Å². The van der Waals surface area contributed by atoms with Crippen LogP contribution in [0.5, 0.6) is 0 Å². The Morgan fingerprint density at radius 2 is 2.55 bits per heavy atom. The summed E-state index contributed by atoms with van der Waals surface area (Å²) in [5.74, 6) is 0.108. The first-order valence-corrected chi connectivity index (χ1v) is 7.45. The van der Waals surface area contributed by atoms with Gasteiger partial charge in [-0.1, -0.05) is 0 Å². The summed E-state index contributed by atoms with van der Waals surface area (Å²) in [5.41, 5.74) is 1.47. The lowest BCUT2D eigenvalue weighted by Gasteiger charge is -2.12. The molecule has 2 atom stereocenters. The summed E-state index contributed by atoms with van der Waals surface area (Å²) in [6.45, 7) is 3.31. The molecular weight excluding hydrogens is 276 g/mol. The van der Waals surface area contributed by atoms with Gasteiger partial charge >= 0.3 is 0 Å². The van der Waals surface area contributed by atoms with Crippen LogP contribution in [0.25, 0.3) is 0 Å². The first-order chi connectivity index (χ1) is 9.75. The molecule has 1 amide bonds. The van der Waals surface area contributed by atoms with Gasteiger partial charge in [-0.15, -0.1) is 11.3 Å². The largest absolute Gasteiger partial charge is 0.381 e. The van der Waals surface area contributed by atoms with Crippen molar-refractivity contribution in [3.05, 3.63) is 34.0 Å². The van der Waals surface area contributed by atoms with Crippen molar-refractivity contribution in [1.29, 1.82) is 0 Å². The molecule has 0 radical (unpaired) electrons. The first kappa shape index (κ1) is 13.3. The molecule has 2 aromatic rings. The van der Waals surface area contributed by atoms with Gasteiger partial charge in [0.25, 0.3) is 5.91 Å². The SMILES string of the molecule is C[C@H](NC(=O)c1cn[nH]c1[C@@H]1CCOC1)c1nccs1. The van der Waals surface area contributed by atoms with Crippen molar-refractivity contribution >= 4 is 17.2 Å². The van der Waals surface area contributed by atoms with E-state index < -0.39 is 0 Å². The summed E-state index contributed by atoms with van der Waals surface area (Å²) in [6.07, 6.45) is 4.24. The molecule has 0 saturated carbocycles. The molecular formula is C13H16N4O2S. The fourth-order valence-electron chi connectivity index (χ4n) is 2.33. The highest BCUT2D eigenvalue weighted by Gasteiger charge is 2.26. The second-order valence-electron chi connectivity index (χ2n) is 4.82. The number of hydrogen-bond acceptors (Lipinski definition) is 5. The van der Waals surface area contributed by atoms with Crippen LogP contribution >= 0.6 is 11.3 Å². The Balaban J connectivity index is 1.72. The van der Waals surface area contributed by atoms with E-state index in [1.807, 2.05) is 12.3 Å². The zero-order valence-electron chi connectivity index (χ0n) is 11.1. The first-order valence-electron chi connectivity index (χ1n) is 6.57. The number of aromatic nitrogens is 3. The van der Waals surface area contributed by atoms with Crippen LogP contribution in [-0.2, 0) is 4.74 Å². The van der Waals surface area contributed by atoms with Gasteiger partial charge in [-0.05, 0) is 13.3 Å². The zero-order chi connectivity index (χ0) is 13.9. The third-order valence-electron chi connectivity index (χ3n) is 3.42. The standard InChI is InChI=1S/C13H16N4O2S/c1-8(13-14-3-5-20-13)16-12(18)10-6-15-17-11(10)9-2-4-19-7-9/h3,5-6,8-9H,2,4,7H2,1H3,(H,15,17)(H,16,18)/t8-,9+/m0/s1. The van der Waals surface area contributed by atoms with E-state index in [9.17, 15) is 4.79 Å². The number of H-pyrrole nitrogens is 1. The number of hydrogen-bond donors (Lipinski definition) is 2. The Morgan fingerprint density at radius 3 is 3.25 bits per heavy atom. The molecule has 3 rings (SSSR count). The summed E-state index contributed by atoms with van der Waals surface area (Å²) in [4.78, 5) is 16.6. The fraction of sp³-hybridized carbons (Fsp3) is 0.462. The zero-order valence-corrected chi connectivity index (χ0v) is 11.9. The summed E-state index contributed by atoms with van der Waals surface area (Å²) in [6, 6.07) is -0.106. The molecule has 0 bridgehead atoms. The molecule has 0 aromatic carbocycles. The van der Waals surface area contributed by atoms with Crippen molar-refractivity contribution in [3.63, 3.8) is 0 Å². The topological polar surface area (TPSA) is 79.9 Å². The van der Waals surface area contributed by atoms with Crippen LogP contribution in [0.1, 0.15) is 46.4 Å². The van der Waals surface area contributed by atoms with E-state index in [-0.39, 0.29) is 17.9 Å². The lowest BCUT2D eigenvalue weighted by atomic mass is 10.0. The Bertz CT molecular complexity index is 575. The minimum Gasteiger partial charge on any atom is -0.381 e. The lowest BCUT2D eigenvalue weighted by Crippen LogP contribution is -2.27. The minimum atomic E-state index is -0.122. The molecule has 1 aliphatic heterocycles. The summed E-state index contributed by atoms with van der Waals surface area (Å²) < 4.78 is 5.37. The number of carbonyl (C=O) groups excluding carboxylic acids is 1. The van der Waals surface area contributed by atoms with Gasteiger partial charge in [0.05, 0.1) is 30.1 Å². The number of amides is 1. The summed E-state index contributed by atoms with van der Waals surface area (Å²) in [5, 5.41) is 12.7. The van der Waals surface area contributed by atoms with Gasteiger partial charge in [0.1, 0.15) is 5.01 Å². The monoisotopic (exact) mass is 292 g/mol. The molecule has 0 spiro atoms. The Labute approximate surface area is 120 Å². The van der Waals surface area contributed by atoms with E-state index >= 15 is 0 Å². The smallest absolute Gasteiger partial charge is 0.255 e. The second kappa shape index (κ2) is 5.72. The van der Waals surface area contributed by atoms with Crippen LogP contribution in [-0.4, -0.2) is 34.3 Å². The van der Waals surface area contributed by atoms with E-state index in [4.69, 9.17) is 4.74 Å². The molecule has 1 aliphatic rings. The van der Waals surface area contributed by atoms with Gasteiger partial charge < -0.3 is 10.1 Å². The van der Waals surface area contributed by atoms with Crippen LogP contribution < -0.4 is 5.32 Å². The highest BCUT2D eigenvalue weighted by Crippen LogP contribution is 2.26. The minimum absolute atomic E-state index is 0.106. The number of ether oxygens (including phenoxy) is 1. The normalized spacial score (nSPS) is 19.9. The Kier molecular flexibility index (Phi) is 3.79. The van der Waals surface area contributed by atoms with Crippen LogP contribution in [0, 0.1) is 0 Å². The maximum atomic E-state index is 12.4. The molecule has 3 heterocycles. The maximum Gasteiger partial charge on any atom is 0.255 e. The number of rotatable bonds is 4. The summed E-state index contributed by atoms with van der Waals surface area (Å²) >= 11 is 1.53. The lowest BCUT2D eigenvalue weighted by molar-refractivity contribution is 0.0938. The van der Waals surface area contributed by atoms with Gasteiger partial charge in [-0.3, -0.25) is 9.89 Å². The highest BCUT2D eigenvalue weighted by atomic mass is 32.1. The van der Waals surface area contributed by atoms with Crippen molar-refractivity contribution in [2.45, 2.75) is 25.3 Å². The number of nitrogens with one attached hydrogen (secondary N) is 2. The van der Waals surface area contributed by atoms with Crippen molar-refractivity contribution < 1.29 is 9.53 Å². The summed E-state index contributed by atoms with van der Waals surface area (Å²) in [7, 11) is 0. The number of carbonyl (C=O) groups is 1. The van der Waals surface area contributed by atoms with Gasteiger partial charge in [0, 0.05) is 24.1 Å². The quantitative estimate of drug-likeness (QED) is 0.901. The predicted molar refractivity (Wildman–Crippen MR) is 74.8 cm³/mol. The Hall–Kier alpha value is -1.73. The van der Waals surface area contributed by atoms with Gasteiger partial charge in [0.2, 0.25) is 0 Å². The van der Waals surface area contributed by atoms with Gasteiger partial charge in [-0.25, -0.2) is 4.98 Å². The van der Waals surface area contributed by atoms with Crippen LogP contribution in [0.15, 0.2) is 17.8 Å². The fourth-order valence-corrected chi connectivity index (χ4v) is 2.98. The molecule has 0 aliphatic carbocycles. The van der Waals surface area contributed by atoms with E-state index in [0.717, 1.165) is 23.7 Å². The number of thiazole rings is 1. The van der Waals surface area contributed by atoms with Gasteiger partial charge in [0.15, 0.2) is 0 Å². The molecule has 2 N–H and O–H groups in total. The molecule has 2 aromatic heterocycles. The average molecular weight is 292 g/mol. The molecule has 1 fully saturated rings. The average Bonchev–Trinajstić information content (AvgIpc) is 3.19. The van der Waals surface area contributed by atoms with Crippen molar-refractivity contribution in [2.75, 3.05) is 13.2 Å². The van der Waals surface area contributed by atoms with Crippen LogP contribution in [0.4, 0.5) is 0 Å². The molecule has 1 saturated heterocycles.